The van der Waals surface area contributed by atoms with Crippen molar-refractivity contribution < 1.29 is 4.70 Å². The maximum absolute atomic E-state index is 10.5. The molecule has 2 saturated heterocycles. The summed E-state index contributed by atoms with van der Waals surface area (Å²) in [6, 6.07) is 0.952. The first kappa shape index (κ1) is 9.34. The third-order valence-electron chi connectivity index (χ3n) is 3.44. The molecule has 2 aliphatic heterocycles. The van der Waals surface area contributed by atoms with Gasteiger partial charge in [-0.3, -0.25) is 0 Å². The minimum atomic E-state index is 0.370. The van der Waals surface area contributed by atoms with Crippen LogP contribution in [0.15, 0.2) is 0 Å². The molecule has 3 fully saturated rings. The van der Waals surface area contributed by atoms with Crippen molar-refractivity contribution in [1.29, 1.82) is 0 Å². The molecule has 0 aromatic rings. The molecule has 13 heavy (non-hydrogen) atoms. The second-order valence-electron chi connectivity index (χ2n) is 4.45. The molecule has 3 atom stereocenters. The Bertz CT molecular complexity index is 200. The van der Waals surface area contributed by atoms with Crippen LogP contribution >= 0.6 is 0 Å². The molecular weight excluding hydrogens is 163 g/mol. The van der Waals surface area contributed by atoms with E-state index in [0.717, 1.165) is 32.5 Å². The average molecular weight is 180 g/mol. The van der Waals surface area contributed by atoms with Crippen LogP contribution in [0.2, 0.25) is 0 Å². The summed E-state index contributed by atoms with van der Waals surface area (Å²) in [7, 11) is 1.02. The number of fused-ring (bicyclic) bond motifs is 4. The molecule has 1 aliphatic carbocycles. The van der Waals surface area contributed by atoms with E-state index in [1.807, 2.05) is 0 Å². The van der Waals surface area contributed by atoms with Gasteiger partial charge in [0.1, 0.15) is 0 Å². The van der Waals surface area contributed by atoms with Gasteiger partial charge in [0.2, 0.25) is 0 Å². The van der Waals surface area contributed by atoms with E-state index in [0.29, 0.717) is 18.5 Å². The molecule has 0 radical (unpaired) electrons. The van der Waals surface area contributed by atoms with Crippen LogP contribution in [-0.2, 0) is 4.70 Å². The fourth-order valence-corrected chi connectivity index (χ4v) is 2.84. The van der Waals surface area contributed by atoms with Crippen molar-refractivity contribution >= 4 is 7.15 Å². The summed E-state index contributed by atoms with van der Waals surface area (Å²) >= 11 is 0. The fraction of sp³-hybridized carbons (Fsp3) is 1.00. The maximum atomic E-state index is 10.5. The fourth-order valence-electron chi connectivity index (χ4n) is 2.84. The predicted octanol–water partition coefficient (Wildman–Crippen LogP) is 0.195. The molecule has 0 aromatic heterocycles. The van der Waals surface area contributed by atoms with Crippen molar-refractivity contribution in [3.63, 3.8) is 0 Å². The van der Waals surface area contributed by atoms with Gasteiger partial charge in [0, 0.05) is 0 Å². The Hall–Kier alpha value is -0.215. The Morgan fingerprint density at radius 1 is 1.38 bits per heavy atom. The van der Waals surface area contributed by atoms with Gasteiger partial charge >= 0.3 is 79.2 Å². The van der Waals surface area contributed by atoms with Gasteiger partial charge in [0.25, 0.3) is 0 Å². The first-order chi connectivity index (χ1) is 6.29. The van der Waals surface area contributed by atoms with Crippen molar-refractivity contribution in [2.45, 2.75) is 37.8 Å². The molecule has 0 spiro atoms. The molecule has 0 amide bonds. The zero-order chi connectivity index (χ0) is 9.26. The van der Waals surface area contributed by atoms with Crippen LogP contribution in [0.25, 0.3) is 0 Å². The minimum absolute atomic E-state index is 0.370. The van der Waals surface area contributed by atoms with Crippen LogP contribution in [0.1, 0.15) is 25.7 Å². The predicted molar refractivity (Wildman–Crippen MR) is 51.7 cm³/mol. The van der Waals surface area contributed by atoms with E-state index in [4.69, 9.17) is 5.73 Å². The van der Waals surface area contributed by atoms with Crippen LogP contribution in [0.5, 0.6) is 0 Å². The van der Waals surface area contributed by atoms with E-state index in [9.17, 15) is 4.70 Å². The molecule has 2 heterocycles. The monoisotopic (exact) mass is 180 g/mol. The van der Waals surface area contributed by atoms with Crippen LogP contribution in [0.4, 0.5) is 0 Å². The Labute approximate surface area is 79.9 Å². The van der Waals surface area contributed by atoms with E-state index in [2.05, 4.69) is 4.90 Å². The average Bonchev–Trinajstić information content (AvgIpc) is 2.34. The van der Waals surface area contributed by atoms with E-state index in [-0.39, 0.29) is 0 Å². The summed E-state index contributed by atoms with van der Waals surface area (Å²) < 4.78 is 10.5. The van der Waals surface area contributed by atoms with Crippen LogP contribution in [0.3, 0.4) is 0 Å². The first-order valence-electron chi connectivity index (χ1n) is 5.23. The van der Waals surface area contributed by atoms with Gasteiger partial charge in [-0.15, -0.1) is 0 Å². The normalized spacial score (nSPS) is 39.9. The van der Waals surface area contributed by atoms with E-state index in [1.165, 1.54) is 12.8 Å². The number of nitrogens with zero attached hydrogens (tertiary/aromatic N) is 1. The second kappa shape index (κ2) is 3.88. The second-order valence-corrected chi connectivity index (χ2v) is 4.45. The van der Waals surface area contributed by atoms with Gasteiger partial charge in [-0.2, -0.15) is 0 Å². The Kier molecular flexibility index (Phi) is 2.79. The number of hydrogen-bond donors (Lipinski definition) is 1. The van der Waals surface area contributed by atoms with E-state index < -0.39 is 0 Å². The van der Waals surface area contributed by atoms with Crippen LogP contribution < -0.4 is 5.73 Å². The molecule has 0 aromatic carbocycles. The Morgan fingerprint density at radius 3 is 3.00 bits per heavy atom. The van der Waals surface area contributed by atoms with Gasteiger partial charge in [-0.1, -0.05) is 0 Å². The first-order valence-corrected chi connectivity index (χ1v) is 5.23. The zero-order valence-electron chi connectivity index (χ0n) is 7.98. The number of rotatable bonds is 2. The molecular formula is C9H17BN2O. The van der Waals surface area contributed by atoms with Crippen molar-refractivity contribution in [3.8, 4) is 0 Å². The van der Waals surface area contributed by atoms with Gasteiger partial charge in [0.15, 0.2) is 0 Å². The van der Waals surface area contributed by atoms with Gasteiger partial charge < -0.3 is 0 Å². The summed E-state index contributed by atoms with van der Waals surface area (Å²) in [6.45, 7) is 1.09. The Balaban J connectivity index is 2.04. The SMILES string of the molecule is NC1CC2CCC(C1)N(CB=O)C2. The topological polar surface area (TPSA) is 46.3 Å². The van der Waals surface area contributed by atoms with Crippen LogP contribution in [-0.4, -0.2) is 37.1 Å². The van der Waals surface area contributed by atoms with Crippen molar-refractivity contribution in [2.24, 2.45) is 11.7 Å². The van der Waals surface area contributed by atoms with Crippen molar-refractivity contribution in [2.75, 3.05) is 13.0 Å². The molecule has 3 unspecified atom stereocenters. The molecule has 4 heteroatoms. The van der Waals surface area contributed by atoms with Gasteiger partial charge in [-0.05, 0) is 0 Å². The number of piperidine rings is 1. The summed E-state index contributed by atoms with van der Waals surface area (Å²) in [4.78, 5) is 2.31. The summed E-state index contributed by atoms with van der Waals surface area (Å²) in [6.07, 6.45) is 5.41. The quantitative estimate of drug-likeness (QED) is 0.617. The third-order valence-corrected chi connectivity index (χ3v) is 3.44. The molecule has 1 saturated carbocycles. The molecule has 72 valence electrons. The van der Waals surface area contributed by atoms with Crippen molar-refractivity contribution in [1.82, 2.24) is 4.90 Å². The zero-order valence-corrected chi connectivity index (χ0v) is 7.98. The Morgan fingerprint density at radius 2 is 2.23 bits per heavy atom. The summed E-state index contributed by atoms with van der Waals surface area (Å²) in [5.74, 6) is 0.744. The third kappa shape index (κ3) is 1.99. The van der Waals surface area contributed by atoms with E-state index in [1.54, 1.807) is 0 Å². The van der Waals surface area contributed by atoms with Gasteiger partial charge in [-0.25, -0.2) is 0 Å². The molecule has 3 rings (SSSR count). The van der Waals surface area contributed by atoms with E-state index >= 15 is 0 Å². The number of hydrogen-bond acceptors (Lipinski definition) is 3. The van der Waals surface area contributed by atoms with Crippen LogP contribution in [0, 0.1) is 5.92 Å². The summed E-state index contributed by atoms with van der Waals surface area (Å²) in [5.41, 5.74) is 6.00. The number of nitrogens with two attached hydrogens (primary N) is 1. The summed E-state index contributed by atoms with van der Waals surface area (Å²) in [5, 5.41) is 0. The van der Waals surface area contributed by atoms with Crippen molar-refractivity contribution in [3.05, 3.63) is 0 Å². The molecule has 2 N–H and O–H groups in total. The molecule has 3 nitrogen and oxygen atoms in total. The molecule has 3 aliphatic rings. The van der Waals surface area contributed by atoms with Gasteiger partial charge in [0.05, 0.1) is 0 Å². The standard InChI is InChI=1S/C9H17BN2O/c11-8-3-7-1-2-9(4-8)12(5-7)6-10-13/h7-9H,1-6,11H2. The molecule has 2 bridgehead atoms.